The maximum atomic E-state index is 13.2. The number of hydrogen-bond donors (Lipinski definition) is 0. The third kappa shape index (κ3) is 7.43. The number of sulfone groups is 1. The van der Waals surface area contributed by atoms with Gasteiger partial charge < -0.3 is 19.4 Å². The van der Waals surface area contributed by atoms with Crippen LogP contribution in [0.4, 0.5) is 8.78 Å². The van der Waals surface area contributed by atoms with Gasteiger partial charge in [-0.15, -0.1) is 11.3 Å². The second-order valence-corrected chi connectivity index (χ2v) is 12.8. The van der Waals surface area contributed by atoms with Gasteiger partial charge in [0.1, 0.15) is 21.0 Å². The van der Waals surface area contributed by atoms with Crippen molar-refractivity contribution in [3.05, 3.63) is 72.3 Å². The summed E-state index contributed by atoms with van der Waals surface area (Å²) in [5.41, 5.74) is 0.573. The summed E-state index contributed by atoms with van der Waals surface area (Å²) in [4.78, 5) is 12.8. The van der Waals surface area contributed by atoms with E-state index in [0.29, 0.717) is 16.2 Å². The van der Waals surface area contributed by atoms with Crippen molar-refractivity contribution in [2.24, 2.45) is 5.92 Å². The van der Waals surface area contributed by atoms with Crippen molar-refractivity contribution in [2.75, 3.05) is 12.9 Å². The van der Waals surface area contributed by atoms with Gasteiger partial charge in [0, 0.05) is 23.6 Å². The number of esters is 1. The van der Waals surface area contributed by atoms with Crippen LogP contribution in [0.15, 0.2) is 40.9 Å². The lowest BCUT2D eigenvalue weighted by molar-refractivity contribution is -0.605. The molecule has 15 heteroatoms. The fraction of sp³-hybridized carbons (Fsp3) is 0.333. The monoisotopic (exact) mass is 641 g/mol. The summed E-state index contributed by atoms with van der Waals surface area (Å²) < 4.78 is 66.4. The van der Waals surface area contributed by atoms with Crippen LogP contribution in [0.25, 0.3) is 0 Å². The van der Waals surface area contributed by atoms with Crippen LogP contribution in [0.2, 0.25) is 15.1 Å². The quantitative estimate of drug-likeness (QED) is 0.138. The van der Waals surface area contributed by atoms with Gasteiger partial charge >= 0.3 is 12.6 Å². The van der Waals surface area contributed by atoms with E-state index in [4.69, 9.17) is 44.3 Å². The Morgan fingerprint density at radius 1 is 1.18 bits per heavy atom. The average molecular weight is 643 g/mol. The smallest absolute Gasteiger partial charge is 0.387 e. The van der Waals surface area contributed by atoms with Crippen LogP contribution in [0.3, 0.4) is 0 Å². The number of rotatable bonds is 11. The Bertz CT molecular complexity index is 1470. The number of alkyl halides is 2. The number of ether oxygens (including phenoxy) is 3. The van der Waals surface area contributed by atoms with E-state index in [-0.39, 0.29) is 54.9 Å². The van der Waals surface area contributed by atoms with Crippen LogP contribution in [0.5, 0.6) is 11.5 Å². The summed E-state index contributed by atoms with van der Waals surface area (Å²) in [5, 5.41) is 12.6. The Labute approximate surface area is 241 Å². The summed E-state index contributed by atoms with van der Waals surface area (Å²) >= 11 is 19.4. The molecule has 8 nitrogen and oxygen atoms in total. The maximum Gasteiger partial charge on any atom is 0.387 e. The molecule has 1 aliphatic carbocycles. The number of benzene rings is 1. The Kier molecular flexibility index (Phi) is 9.12. The van der Waals surface area contributed by atoms with E-state index in [2.05, 4.69) is 4.74 Å². The number of pyridine rings is 1. The molecular formula is C24H20Cl3F2NO7S2. The van der Waals surface area contributed by atoms with E-state index in [1.165, 1.54) is 23.6 Å². The fourth-order valence-corrected chi connectivity index (χ4v) is 6.95. The predicted octanol–water partition coefficient (Wildman–Crippen LogP) is 6.28. The minimum atomic E-state index is -3.71. The van der Waals surface area contributed by atoms with Crippen molar-refractivity contribution in [1.29, 1.82) is 0 Å². The molecule has 1 aromatic carbocycles. The first-order valence-electron chi connectivity index (χ1n) is 11.3. The largest absolute Gasteiger partial charge is 0.619 e. The van der Waals surface area contributed by atoms with Crippen LogP contribution in [-0.2, 0) is 21.0 Å². The first-order chi connectivity index (χ1) is 18.3. The number of carbonyl (C=O) groups excluding carboxylic acids is 1. The molecule has 210 valence electrons. The molecule has 0 unspecified atom stereocenters. The van der Waals surface area contributed by atoms with Gasteiger partial charge in [-0.05, 0) is 36.5 Å². The summed E-state index contributed by atoms with van der Waals surface area (Å²) in [6, 6.07) is 4.05. The zero-order chi connectivity index (χ0) is 28.5. The topological polar surface area (TPSA) is 106 Å². The lowest BCUT2D eigenvalue weighted by atomic mass is 10.0. The second kappa shape index (κ2) is 12.0. The molecule has 2 aromatic heterocycles. The van der Waals surface area contributed by atoms with E-state index >= 15 is 0 Å². The van der Waals surface area contributed by atoms with Gasteiger partial charge in [0.2, 0.25) is 0 Å². The van der Waals surface area contributed by atoms with Crippen molar-refractivity contribution in [2.45, 2.75) is 36.9 Å². The first kappa shape index (κ1) is 29.6. The molecule has 1 saturated carbocycles. The standard InChI is InChI=1S/C24H20Cl3F2NO7S2/c1-39(33,34)20-11-38-22(21(20)27)23(31)36-18(7-14-15(25)8-30(32)9-16(14)26)13-4-5-17(37-24(28)29)19(6-13)35-10-12-2-3-12/h4-6,8-9,11-12,18,24H,2-3,7,10H2,1H3/t18-/m0/s1. The minimum Gasteiger partial charge on any atom is -0.619 e. The molecule has 0 amide bonds. The number of thiophene rings is 1. The van der Waals surface area contributed by atoms with E-state index in [9.17, 15) is 27.2 Å². The zero-order valence-corrected chi connectivity index (χ0v) is 23.9. The highest BCUT2D eigenvalue weighted by atomic mass is 35.5. The third-order valence-electron chi connectivity index (χ3n) is 5.71. The van der Waals surface area contributed by atoms with Crippen molar-refractivity contribution in [3.63, 3.8) is 0 Å². The van der Waals surface area contributed by atoms with Crippen LogP contribution in [0.1, 0.15) is 39.7 Å². The molecule has 3 aromatic rings. The average Bonchev–Trinajstić information content (AvgIpc) is 3.57. The zero-order valence-electron chi connectivity index (χ0n) is 20.0. The van der Waals surface area contributed by atoms with Gasteiger partial charge in [-0.2, -0.15) is 13.5 Å². The minimum absolute atomic E-state index is 0.00470. The van der Waals surface area contributed by atoms with E-state index in [1.807, 2.05) is 0 Å². The van der Waals surface area contributed by atoms with Crippen LogP contribution in [0, 0.1) is 11.1 Å². The van der Waals surface area contributed by atoms with Gasteiger partial charge in [0.25, 0.3) is 0 Å². The highest BCUT2D eigenvalue weighted by molar-refractivity contribution is 7.91. The first-order valence-corrected chi connectivity index (χ1v) is 15.2. The molecule has 1 aliphatic rings. The Morgan fingerprint density at radius 3 is 2.41 bits per heavy atom. The fourth-order valence-electron chi connectivity index (χ4n) is 3.56. The number of aromatic nitrogens is 1. The molecule has 1 fully saturated rings. The molecule has 0 radical (unpaired) electrons. The number of halogens is 5. The van der Waals surface area contributed by atoms with Crippen molar-refractivity contribution < 1.29 is 40.9 Å². The van der Waals surface area contributed by atoms with Crippen LogP contribution < -0.4 is 14.2 Å². The van der Waals surface area contributed by atoms with Crippen molar-refractivity contribution in [1.82, 2.24) is 0 Å². The summed E-state index contributed by atoms with van der Waals surface area (Å²) in [7, 11) is -3.71. The summed E-state index contributed by atoms with van der Waals surface area (Å²) in [6.07, 6.45) is 3.72. The lowest BCUT2D eigenvalue weighted by Crippen LogP contribution is -2.25. The highest BCUT2D eigenvalue weighted by Crippen LogP contribution is 2.39. The molecule has 4 rings (SSSR count). The Balaban J connectivity index is 1.72. The van der Waals surface area contributed by atoms with E-state index in [1.54, 1.807) is 0 Å². The van der Waals surface area contributed by atoms with Crippen LogP contribution >= 0.6 is 46.1 Å². The van der Waals surface area contributed by atoms with E-state index < -0.39 is 28.5 Å². The third-order valence-corrected chi connectivity index (χ3v) is 9.21. The molecular weight excluding hydrogens is 623 g/mol. The van der Waals surface area contributed by atoms with Gasteiger partial charge in [0.15, 0.2) is 33.7 Å². The number of nitrogens with zero attached hydrogens (tertiary/aromatic N) is 1. The Hall–Kier alpha value is -2.38. The Morgan fingerprint density at radius 2 is 1.85 bits per heavy atom. The second-order valence-electron chi connectivity index (χ2n) is 8.74. The summed E-state index contributed by atoms with van der Waals surface area (Å²) in [5.74, 6) is -0.841. The number of hydrogen-bond acceptors (Lipinski definition) is 8. The normalized spacial score (nSPS) is 14.3. The summed E-state index contributed by atoms with van der Waals surface area (Å²) in [6.45, 7) is -2.81. The van der Waals surface area contributed by atoms with Crippen LogP contribution in [-0.4, -0.2) is 33.9 Å². The molecule has 39 heavy (non-hydrogen) atoms. The van der Waals surface area contributed by atoms with Gasteiger partial charge in [-0.1, -0.05) is 40.9 Å². The van der Waals surface area contributed by atoms with E-state index in [0.717, 1.165) is 42.8 Å². The molecule has 0 aliphatic heterocycles. The molecule has 1 atom stereocenters. The number of carbonyl (C=O) groups is 1. The molecule has 0 bridgehead atoms. The van der Waals surface area contributed by atoms with Gasteiger partial charge in [-0.25, -0.2) is 13.2 Å². The van der Waals surface area contributed by atoms with Gasteiger partial charge in [-0.3, -0.25) is 0 Å². The molecule has 0 saturated heterocycles. The molecule has 0 spiro atoms. The molecule has 0 N–H and O–H groups in total. The predicted molar refractivity (Wildman–Crippen MR) is 141 cm³/mol. The SMILES string of the molecule is CS(=O)(=O)c1csc(C(=O)O[C@@H](Cc2c(Cl)c[n+]([O-])cc2Cl)c2ccc(OC(F)F)c(OCC3CC3)c2)c1Cl. The lowest BCUT2D eigenvalue weighted by Gasteiger charge is -2.21. The highest BCUT2D eigenvalue weighted by Gasteiger charge is 2.29. The van der Waals surface area contributed by atoms with Gasteiger partial charge in [0.05, 0.1) is 16.5 Å². The molecule has 2 heterocycles. The maximum absolute atomic E-state index is 13.2. The van der Waals surface area contributed by atoms with Crippen molar-refractivity contribution >= 4 is 61.9 Å². The van der Waals surface area contributed by atoms with Crippen molar-refractivity contribution in [3.8, 4) is 11.5 Å².